The SMILES string of the molecule is COC(=O)C(CO)Nc1cc(C#N)cc(C)n1. The second-order valence-electron chi connectivity index (χ2n) is 3.40. The quantitative estimate of drug-likeness (QED) is 0.724. The van der Waals surface area contributed by atoms with Crippen LogP contribution in [0.3, 0.4) is 0 Å². The molecule has 0 saturated heterocycles. The average Bonchev–Trinajstić information content (AvgIpc) is 2.34. The van der Waals surface area contributed by atoms with Crippen molar-refractivity contribution in [2.45, 2.75) is 13.0 Å². The van der Waals surface area contributed by atoms with E-state index in [0.29, 0.717) is 17.1 Å². The molecule has 1 aromatic heterocycles. The number of nitrogens with zero attached hydrogens (tertiary/aromatic N) is 2. The number of nitrogens with one attached hydrogen (secondary N) is 1. The number of carbonyl (C=O) groups excluding carboxylic acids is 1. The lowest BCUT2D eigenvalue weighted by Crippen LogP contribution is -2.34. The van der Waals surface area contributed by atoms with Gasteiger partial charge in [0.25, 0.3) is 0 Å². The third-order valence-electron chi connectivity index (χ3n) is 2.07. The minimum absolute atomic E-state index is 0.353. The van der Waals surface area contributed by atoms with Gasteiger partial charge in [-0.05, 0) is 19.1 Å². The molecule has 0 aromatic carbocycles. The van der Waals surface area contributed by atoms with Crippen molar-refractivity contribution >= 4 is 11.8 Å². The van der Waals surface area contributed by atoms with E-state index in [1.165, 1.54) is 13.2 Å². The van der Waals surface area contributed by atoms with Crippen LogP contribution in [-0.2, 0) is 9.53 Å². The maximum Gasteiger partial charge on any atom is 0.330 e. The summed E-state index contributed by atoms with van der Waals surface area (Å²) in [4.78, 5) is 15.4. The van der Waals surface area contributed by atoms with Gasteiger partial charge in [0.15, 0.2) is 0 Å². The van der Waals surface area contributed by atoms with Gasteiger partial charge in [-0.3, -0.25) is 0 Å². The monoisotopic (exact) mass is 235 g/mol. The number of esters is 1. The highest BCUT2D eigenvalue weighted by atomic mass is 16.5. The summed E-state index contributed by atoms with van der Waals surface area (Å²) in [6.07, 6.45) is 0. The number of carbonyl (C=O) groups is 1. The van der Waals surface area contributed by atoms with Crippen LogP contribution in [0.25, 0.3) is 0 Å². The molecule has 1 aromatic rings. The first kappa shape index (κ1) is 12.9. The van der Waals surface area contributed by atoms with Crippen molar-refractivity contribution < 1.29 is 14.6 Å². The Labute approximate surface area is 98.9 Å². The number of anilines is 1. The number of aliphatic hydroxyl groups is 1. The van der Waals surface area contributed by atoms with E-state index in [1.807, 2.05) is 6.07 Å². The van der Waals surface area contributed by atoms with Gasteiger partial charge in [0.05, 0.1) is 25.3 Å². The number of pyridine rings is 1. The highest BCUT2D eigenvalue weighted by molar-refractivity contribution is 5.79. The fourth-order valence-electron chi connectivity index (χ4n) is 1.31. The normalized spacial score (nSPS) is 11.4. The van der Waals surface area contributed by atoms with E-state index in [1.54, 1.807) is 13.0 Å². The number of rotatable bonds is 4. The first-order chi connectivity index (χ1) is 8.10. The molecular weight excluding hydrogens is 222 g/mol. The lowest BCUT2D eigenvalue weighted by Gasteiger charge is -2.14. The molecule has 0 aliphatic heterocycles. The highest BCUT2D eigenvalue weighted by Crippen LogP contribution is 2.10. The molecule has 1 unspecified atom stereocenters. The number of ether oxygens (including phenoxy) is 1. The van der Waals surface area contributed by atoms with Gasteiger partial charge in [-0.2, -0.15) is 5.26 Å². The van der Waals surface area contributed by atoms with E-state index in [9.17, 15) is 4.79 Å². The van der Waals surface area contributed by atoms with Crippen LogP contribution < -0.4 is 5.32 Å². The van der Waals surface area contributed by atoms with Crippen LogP contribution in [0.15, 0.2) is 12.1 Å². The van der Waals surface area contributed by atoms with Crippen LogP contribution >= 0.6 is 0 Å². The molecule has 0 fully saturated rings. The Bertz CT molecular complexity index is 454. The summed E-state index contributed by atoms with van der Waals surface area (Å²) >= 11 is 0. The minimum atomic E-state index is -0.888. The highest BCUT2D eigenvalue weighted by Gasteiger charge is 2.18. The van der Waals surface area contributed by atoms with Gasteiger partial charge < -0.3 is 15.2 Å². The summed E-state index contributed by atoms with van der Waals surface area (Å²) in [5.41, 5.74) is 1.08. The lowest BCUT2D eigenvalue weighted by molar-refractivity contribution is -0.142. The summed E-state index contributed by atoms with van der Waals surface area (Å²) in [5, 5.41) is 20.5. The standard InChI is InChI=1S/C11H13N3O3/c1-7-3-8(5-12)4-10(13-7)14-9(6-15)11(16)17-2/h3-4,9,15H,6H2,1-2H3,(H,13,14). The summed E-state index contributed by atoms with van der Waals surface area (Å²) in [7, 11) is 1.23. The van der Waals surface area contributed by atoms with Gasteiger partial charge in [0.2, 0.25) is 0 Å². The zero-order chi connectivity index (χ0) is 12.8. The largest absolute Gasteiger partial charge is 0.467 e. The van der Waals surface area contributed by atoms with Gasteiger partial charge in [0.1, 0.15) is 11.9 Å². The molecule has 1 rings (SSSR count). The molecule has 1 heterocycles. The molecule has 90 valence electrons. The predicted molar refractivity (Wildman–Crippen MR) is 60.2 cm³/mol. The van der Waals surface area contributed by atoms with Crippen molar-refractivity contribution in [3.8, 4) is 6.07 Å². The second-order valence-corrected chi connectivity index (χ2v) is 3.40. The zero-order valence-electron chi connectivity index (χ0n) is 9.60. The molecule has 0 aliphatic carbocycles. The van der Waals surface area contributed by atoms with E-state index in [0.717, 1.165) is 0 Å². The smallest absolute Gasteiger partial charge is 0.330 e. The van der Waals surface area contributed by atoms with Crippen molar-refractivity contribution in [1.82, 2.24) is 4.98 Å². The average molecular weight is 235 g/mol. The molecule has 0 radical (unpaired) electrons. The van der Waals surface area contributed by atoms with E-state index in [4.69, 9.17) is 10.4 Å². The molecule has 0 amide bonds. The molecule has 6 nitrogen and oxygen atoms in total. The van der Waals surface area contributed by atoms with Crippen molar-refractivity contribution in [3.05, 3.63) is 23.4 Å². The number of hydrogen-bond acceptors (Lipinski definition) is 6. The molecule has 6 heteroatoms. The zero-order valence-corrected chi connectivity index (χ0v) is 9.60. The molecule has 0 aliphatic rings. The number of hydrogen-bond donors (Lipinski definition) is 2. The Morgan fingerprint density at radius 3 is 2.94 bits per heavy atom. The van der Waals surface area contributed by atoms with Gasteiger partial charge in [0, 0.05) is 5.69 Å². The Morgan fingerprint density at radius 2 is 2.41 bits per heavy atom. The lowest BCUT2D eigenvalue weighted by atomic mass is 10.2. The van der Waals surface area contributed by atoms with E-state index in [-0.39, 0.29) is 0 Å². The Balaban J connectivity index is 2.90. The number of nitriles is 1. The molecular formula is C11H13N3O3. The number of methoxy groups -OCH3 is 1. The van der Waals surface area contributed by atoms with Crippen molar-refractivity contribution in [2.24, 2.45) is 0 Å². The molecule has 0 spiro atoms. The Hall–Kier alpha value is -2.13. The maximum absolute atomic E-state index is 11.2. The van der Waals surface area contributed by atoms with E-state index < -0.39 is 18.6 Å². The third kappa shape index (κ3) is 3.43. The molecule has 0 saturated carbocycles. The molecule has 1 atom stereocenters. The maximum atomic E-state index is 11.2. The van der Waals surface area contributed by atoms with Crippen LogP contribution in [0.1, 0.15) is 11.3 Å². The molecule has 0 bridgehead atoms. The Morgan fingerprint density at radius 1 is 1.71 bits per heavy atom. The Kier molecular flexibility index (Phi) is 4.43. The topological polar surface area (TPSA) is 95.2 Å². The van der Waals surface area contributed by atoms with Crippen LogP contribution in [0.4, 0.5) is 5.82 Å². The number of aromatic nitrogens is 1. The van der Waals surface area contributed by atoms with Crippen molar-refractivity contribution in [1.29, 1.82) is 5.26 Å². The number of aliphatic hydroxyl groups excluding tert-OH is 1. The van der Waals surface area contributed by atoms with Gasteiger partial charge in [-0.15, -0.1) is 0 Å². The second kappa shape index (κ2) is 5.82. The third-order valence-corrected chi connectivity index (χ3v) is 2.07. The van der Waals surface area contributed by atoms with Crippen LogP contribution in [-0.4, -0.2) is 35.8 Å². The first-order valence-electron chi connectivity index (χ1n) is 4.94. The van der Waals surface area contributed by atoms with Crippen LogP contribution in [0.2, 0.25) is 0 Å². The molecule has 17 heavy (non-hydrogen) atoms. The van der Waals surface area contributed by atoms with E-state index >= 15 is 0 Å². The van der Waals surface area contributed by atoms with Crippen molar-refractivity contribution in [2.75, 3.05) is 19.0 Å². The van der Waals surface area contributed by atoms with Gasteiger partial charge in [-0.25, -0.2) is 9.78 Å². The van der Waals surface area contributed by atoms with Gasteiger partial charge in [-0.1, -0.05) is 0 Å². The predicted octanol–water partition coefficient (Wildman–Crippen LogP) is 0.207. The van der Waals surface area contributed by atoms with Gasteiger partial charge >= 0.3 is 5.97 Å². The summed E-state index contributed by atoms with van der Waals surface area (Å²) in [6, 6.07) is 4.22. The first-order valence-corrected chi connectivity index (χ1v) is 4.94. The van der Waals surface area contributed by atoms with E-state index in [2.05, 4.69) is 15.0 Å². The summed E-state index contributed by atoms with van der Waals surface area (Å²) < 4.78 is 4.51. The van der Waals surface area contributed by atoms with Crippen molar-refractivity contribution in [3.63, 3.8) is 0 Å². The fourth-order valence-corrected chi connectivity index (χ4v) is 1.31. The summed E-state index contributed by atoms with van der Waals surface area (Å²) in [6.45, 7) is 1.32. The van der Waals surface area contributed by atoms with Crippen LogP contribution in [0, 0.1) is 18.3 Å². The fraction of sp³-hybridized carbons (Fsp3) is 0.364. The number of aryl methyl sites for hydroxylation is 1. The summed E-state index contributed by atoms with van der Waals surface area (Å²) in [5.74, 6) is -0.236. The van der Waals surface area contributed by atoms with Crippen LogP contribution in [0.5, 0.6) is 0 Å². The molecule has 2 N–H and O–H groups in total. The minimum Gasteiger partial charge on any atom is -0.467 e.